The van der Waals surface area contributed by atoms with E-state index >= 15 is 0 Å². The van der Waals surface area contributed by atoms with Gasteiger partial charge in [-0.15, -0.1) is 0 Å². The van der Waals surface area contributed by atoms with E-state index in [0.29, 0.717) is 12.1 Å². The Morgan fingerprint density at radius 1 is 0.724 bits per heavy atom. The molecule has 2 nitrogen and oxygen atoms in total. The minimum atomic E-state index is -7.76. The minimum absolute atomic E-state index is 0.0103. The average molecular weight is 454 g/mol. The number of benzene rings is 1. The Kier molecular flexibility index (Phi) is 5.93. The summed E-state index contributed by atoms with van der Waals surface area (Å²) in [5.74, 6) is -17.4. The van der Waals surface area contributed by atoms with E-state index in [9.17, 15) is 61.9 Å². The van der Waals surface area contributed by atoms with Gasteiger partial charge in [-0.1, -0.05) is 12.1 Å². The highest BCUT2D eigenvalue weighted by atomic mass is 19.4. The van der Waals surface area contributed by atoms with Gasteiger partial charge in [-0.2, -0.15) is 57.1 Å². The fraction of sp³-hybridized carbons (Fsp3) is 0.500. The van der Waals surface area contributed by atoms with Crippen molar-refractivity contribution in [3.63, 3.8) is 0 Å². The van der Waals surface area contributed by atoms with Crippen LogP contribution in [-0.2, 0) is 6.42 Å². The number of aromatic carboxylic acids is 1. The van der Waals surface area contributed by atoms with Gasteiger partial charge in [0.15, 0.2) is 0 Å². The van der Waals surface area contributed by atoms with Crippen LogP contribution in [0.25, 0.3) is 0 Å². The van der Waals surface area contributed by atoms with Crippen molar-refractivity contribution in [3.05, 3.63) is 35.4 Å². The van der Waals surface area contributed by atoms with E-state index < -0.39 is 59.3 Å². The quantitative estimate of drug-likeness (QED) is 0.566. The van der Waals surface area contributed by atoms with E-state index in [1.54, 1.807) is 0 Å². The molecule has 0 unspecified atom stereocenters. The lowest BCUT2D eigenvalue weighted by molar-refractivity contribution is -0.460. The zero-order valence-corrected chi connectivity index (χ0v) is 13.3. The van der Waals surface area contributed by atoms with Crippen molar-refractivity contribution in [2.45, 2.75) is 36.8 Å². The Morgan fingerprint density at radius 3 is 1.52 bits per heavy atom. The van der Waals surface area contributed by atoms with Crippen LogP contribution in [-0.4, -0.2) is 41.4 Å². The van der Waals surface area contributed by atoms with Crippen LogP contribution in [0.2, 0.25) is 0 Å². The van der Waals surface area contributed by atoms with Crippen molar-refractivity contribution in [1.29, 1.82) is 0 Å². The first kappa shape index (κ1) is 24.8. The summed E-state index contributed by atoms with van der Waals surface area (Å²) in [7, 11) is 0. The molecule has 0 saturated carbocycles. The molecule has 1 N–H and O–H groups in total. The Labute approximate surface area is 151 Å². The summed E-state index contributed by atoms with van der Waals surface area (Å²) in [5, 5.41) is 8.66. The summed E-state index contributed by atoms with van der Waals surface area (Å²) < 4.78 is 170. The van der Waals surface area contributed by atoms with E-state index in [4.69, 9.17) is 5.11 Å². The molecule has 0 saturated heterocycles. The van der Waals surface area contributed by atoms with Gasteiger partial charge in [0.1, 0.15) is 0 Å². The van der Waals surface area contributed by atoms with Crippen molar-refractivity contribution >= 4 is 5.97 Å². The van der Waals surface area contributed by atoms with Gasteiger partial charge < -0.3 is 5.11 Å². The number of hydrogen-bond acceptors (Lipinski definition) is 1. The smallest absolute Gasteiger partial charge is 0.459 e. The number of hydrogen-bond donors (Lipinski definition) is 1. The molecule has 0 aliphatic rings. The molecule has 1 rings (SSSR count). The van der Waals surface area contributed by atoms with Crippen LogP contribution in [0.5, 0.6) is 0 Å². The van der Waals surface area contributed by atoms with Crippen LogP contribution in [0, 0.1) is 5.41 Å². The van der Waals surface area contributed by atoms with Crippen LogP contribution in [0.4, 0.5) is 57.1 Å². The molecule has 0 aromatic heterocycles. The molecule has 0 aliphatic carbocycles. The lowest BCUT2D eigenvalue weighted by Gasteiger charge is -2.45. The molecule has 15 heteroatoms. The molecule has 0 heterocycles. The summed E-state index contributed by atoms with van der Waals surface area (Å²) in [6, 6.07) is 1.35. The SMILES string of the molecule is O=C(O)c1cccc(CC(C(F)(F)F)(C(F)(F)F)C(F)(F)C(F)(F)C(F)(F)F)c1. The highest BCUT2D eigenvalue weighted by molar-refractivity contribution is 5.87. The number of carboxylic acids is 1. The molecule has 0 atom stereocenters. The van der Waals surface area contributed by atoms with Crippen LogP contribution < -0.4 is 0 Å². The maximum absolute atomic E-state index is 13.9. The normalized spacial score (nSPS) is 14.8. The van der Waals surface area contributed by atoms with Crippen LogP contribution in [0.1, 0.15) is 15.9 Å². The molecule has 0 spiro atoms. The monoisotopic (exact) mass is 454 g/mol. The maximum atomic E-state index is 13.9. The van der Waals surface area contributed by atoms with Crippen molar-refractivity contribution < 1.29 is 67.0 Å². The lowest BCUT2D eigenvalue weighted by Crippen LogP contribution is -2.71. The molecule has 0 amide bonds. The summed E-state index contributed by atoms with van der Waals surface area (Å²) >= 11 is 0. The third-order valence-electron chi connectivity index (χ3n) is 3.90. The number of carbonyl (C=O) groups is 1. The highest BCUT2D eigenvalue weighted by Gasteiger charge is 2.91. The first-order chi connectivity index (χ1) is 12.6. The van der Waals surface area contributed by atoms with Crippen molar-refractivity contribution in [2.24, 2.45) is 5.41 Å². The van der Waals surface area contributed by atoms with E-state index in [2.05, 4.69) is 0 Å². The number of rotatable bonds is 5. The topological polar surface area (TPSA) is 37.3 Å². The van der Waals surface area contributed by atoms with Crippen molar-refractivity contribution in [2.75, 3.05) is 0 Å². The van der Waals surface area contributed by atoms with E-state index in [-0.39, 0.29) is 12.1 Å². The first-order valence-corrected chi connectivity index (χ1v) is 6.91. The van der Waals surface area contributed by atoms with Gasteiger partial charge in [0.25, 0.3) is 0 Å². The molecule has 0 radical (unpaired) electrons. The number of carboxylic acid groups (broad SMARTS) is 1. The molecular formula is C14H7F13O2. The molecule has 0 fully saturated rings. The standard InChI is InChI=1S/C14H7F13O2/c15-10(16,11(17,18)14(25,26)27)9(12(19,20)21,13(22,23)24)5-6-2-1-3-7(4-6)8(28)29/h1-4H,5H2,(H,28,29). The summed E-state index contributed by atoms with van der Waals surface area (Å²) in [6.07, 6.45) is -25.3. The predicted molar refractivity (Wildman–Crippen MR) is 67.6 cm³/mol. The van der Waals surface area contributed by atoms with Gasteiger partial charge >= 0.3 is 36.3 Å². The van der Waals surface area contributed by atoms with Crippen LogP contribution in [0.15, 0.2) is 24.3 Å². The lowest BCUT2D eigenvalue weighted by atomic mass is 9.71. The van der Waals surface area contributed by atoms with Gasteiger partial charge in [0, 0.05) is 6.42 Å². The van der Waals surface area contributed by atoms with Crippen molar-refractivity contribution in [1.82, 2.24) is 0 Å². The van der Waals surface area contributed by atoms with Crippen LogP contribution >= 0.6 is 0 Å². The molecule has 166 valence electrons. The summed E-state index contributed by atoms with van der Waals surface area (Å²) in [4.78, 5) is 10.7. The maximum Gasteiger partial charge on any atom is 0.459 e. The Balaban J connectivity index is 3.91. The average Bonchev–Trinajstić information content (AvgIpc) is 2.48. The fourth-order valence-electron chi connectivity index (χ4n) is 2.39. The van der Waals surface area contributed by atoms with Crippen molar-refractivity contribution in [3.8, 4) is 0 Å². The fourth-order valence-corrected chi connectivity index (χ4v) is 2.39. The molecule has 0 aliphatic heterocycles. The second kappa shape index (κ2) is 6.93. The number of alkyl halides is 13. The van der Waals surface area contributed by atoms with E-state index in [1.807, 2.05) is 0 Å². The van der Waals surface area contributed by atoms with E-state index in [1.165, 1.54) is 0 Å². The van der Waals surface area contributed by atoms with Gasteiger partial charge in [-0.25, -0.2) is 4.79 Å². The zero-order chi connectivity index (χ0) is 23.3. The van der Waals surface area contributed by atoms with Gasteiger partial charge in [-0.05, 0) is 17.7 Å². The molecule has 29 heavy (non-hydrogen) atoms. The summed E-state index contributed by atoms with van der Waals surface area (Å²) in [6.45, 7) is 0. The van der Waals surface area contributed by atoms with Gasteiger partial charge in [-0.3, -0.25) is 0 Å². The third kappa shape index (κ3) is 3.82. The second-order valence-electron chi connectivity index (χ2n) is 5.73. The Hall–Kier alpha value is -2.22. The van der Waals surface area contributed by atoms with Gasteiger partial charge in [0.05, 0.1) is 5.56 Å². The molecular weight excluding hydrogens is 447 g/mol. The zero-order valence-electron chi connectivity index (χ0n) is 13.3. The summed E-state index contributed by atoms with van der Waals surface area (Å²) in [5.41, 5.74) is -9.44. The van der Waals surface area contributed by atoms with Crippen LogP contribution in [0.3, 0.4) is 0 Å². The second-order valence-corrected chi connectivity index (χ2v) is 5.73. The van der Waals surface area contributed by atoms with E-state index in [0.717, 1.165) is 0 Å². The largest absolute Gasteiger partial charge is 0.478 e. The minimum Gasteiger partial charge on any atom is -0.478 e. The molecule has 1 aromatic carbocycles. The Bertz CT molecular complexity index is 744. The van der Waals surface area contributed by atoms with Gasteiger partial charge in [0.2, 0.25) is 5.41 Å². The third-order valence-corrected chi connectivity index (χ3v) is 3.90. The molecule has 1 aromatic rings. The Morgan fingerprint density at radius 2 is 1.17 bits per heavy atom. The number of halogens is 13. The predicted octanol–water partition coefficient (Wildman–Crippen LogP) is 5.87. The molecule has 0 bridgehead atoms. The first-order valence-electron chi connectivity index (χ1n) is 6.91. The highest BCUT2D eigenvalue weighted by Crippen LogP contribution is 2.66.